The summed E-state index contributed by atoms with van der Waals surface area (Å²) in [6.45, 7) is 18.2. The van der Waals surface area contributed by atoms with Gasteiger partial charge in [0.05, 0.1) is 11.4 Å². The quantitative estimate of drug-likeness (QED) is 0.148. The molecule has 0 radical (unpaired) electrons. The zero-order valence-corrected chi connectivity index (χ0v) is 31.8. The molecule has 0 aliphatic carbocycles. The average molecular weight is 677 g/mol. The van der Waals surface area contributed by atoms with E-state index in [0.29, 0.717) is 11.8 Å². The van der Waals surface area contributed by atoms with Gasteiger partial charge in [-0.05, 0) is 132 Å². The van der Waals surface area contributed by atoms with E-state index in [9.17, 15) is 0 Å². The van der Waals surface area contributed by atoms with Gasteiger partial charge >= 0.3 is 0 Å². The highest BCUT2D eigenvalue weighted by atomic mass is 15.2. The lowest BCUT2D eigenvalue weighted by molar-refractivity contribution is 0.875. The molecule has 0 fully saturated rings. The number of rotatable bonds is 8. The molecule has 52 heavy (non-hydrogen) atoms. The number of hydrogen-bond acceptors (Lipinski definition) is 2. The fourth-order valence-electron chi connectivity index (χ4n) is 8.42. The predicted molar refractivity (Wildman–Crippen MR) is 227 cm³/mol. The third-order valence-electron chi connectivity index (χ3n) is 10.9. The Balaban J connectivity index is 1.53. The van der Waals surface area contributed by atoms with E-state index < -0.39 is 0 Å². The highest BCUT2D eigenvalue weighted by Crippen LogP contribution is 2.51. The summed E-state index contributed by atoms with van der Waals surface area (Å²) < 4.78 is 0. The first kappa shape index (κ1) is 33.5. The van der Waals surface area contributed by atoms with E-state index >= 15 is 0 Å². The van der Waals surface area contributed by atoms with E-state index in [1.54, 1.807) is 0 Å². The van der Waals surface area contributed by atoms with Crippen molar-refractivity contribution < 1.29 is 0 Å². The van der Waals surface area contributed by atoms with Gasteiger partial charge in [-0.1, -0.05) is 124 Å². The van der Waals surface area contributed by atoms with Crippen LogP contribution in [0.3, 0.4) is 0 Å². The lowest BCUT2D eigenvalue weighted by atomic mass is 9.84. The summed E-state index contributed by atoms with van der Waals surface area (Å²) in [6, 6.07) is 50.0. The van der Waals surface area contributed by atoms with Crippen molar-refractivity contribution in [3.63, 3.8) is 0 Å². The van der Waals surface area contributed by atoms with Gasteiger partial charge in [-0.2, -0.15) is 0 Å². The van der Waals surface area contributed by atoms with E-state index in [1.165, 1.54) is 88.4 Å². The average Bonchev–Trinajstić information content (AvgIpc) is 3.13. The standard InChI is InChI=1S/C50H48N2/c1-31(2)43-29-47(51(37-15-11-9-12-16-37)45-25-19-33(5)27-35(45)7)41-24-22-40-44(32(3)4)30-48(42-23-21-39(43)49(41)50(40)42)52(38-17-13-10-14-18-38)46-26-20-34(6)28-36(46)8/h9-32H,1-8H3. The van der Waals surface area contributed by atoms with E-state index in [2.05, 4.69) is 199 Å². The van der Waals surface area contributed by atoms with Gasteiger partial charge in [-0.25, -0.2) is 0 Å². The Labute approximate surface area is 309 Å². The van der Waals surface area contributed by atoms with Crippen molar-refractivity contribution in [1.82, 2.24) is 0 Å². The molecular formula is C50H48N2. The number of hydrogen-bond donors (Lipinski definition) is 0. The lowest BCUT2D eigenvalue weighted by Crippen LogP contribution is -2.14. The molecule has 0 N–H and O–H groups in total. The highest BCUT2D eigenvalue weighted by Gasteiger charge is 2.26. The summed E-state index contributed by atoms with van der Waals surface area (Å²) in [4.78, 5) is 4.98. The third kappa shape index (κ3) is 5.58. The monoisotopic (exact) mass is 676 g/mol. The SMILES string of the molecule is Cc1ccc(N(c2ccccc2)c2cc(C(C)C)c3ccc4c(N(c5ccccc5)c5ccc(C)cc5C)cc(C(C)C)c5ccc2c3c54)c(C)c1. The molecule has 0 spiro atoms. The molecule has 258 valence electrons. The van der Waals surface area contributed by atoms with Crippen LogP contribution in [-0.2, 0) is 0 Å². The van der Waals surface area contributed by atoms with Gasteiger partial charge in [-0.3, -0.25) is 0 Å². The number of para-hydroxylation sites is 2. The van der Waals surface area contributed by atoms with E-state index in [-0.39, 0.29) is 0 Å². The van der Waals surface area contributed by atoms with Crippen LogP contribution in [0.5, 0.6) is 0 Å². The molecule has 8 aromatic carbocycles. The van der Waals surface area contributed by atoms with Crippen molar-refractivity contribution in [1.29, 1.82) is 0 Å². The molecule has 8 aromatic rings. The van der Waals surface area contributed by atoms with Gasteiger partial charge in [0.15, 0.2) is 0 Å². The Morgan fingerprint density at radius 3 is 1.08 bits per heavy atom. The first-order chi connectivity index (χ1) is 25.1. The minimum atomic E-state index is 0.333. The zero-order valence-electron chi connectivity index (χ0n) is 31.8. The Kier molecular flexibility index (Phi) is 8.50. The van der Waals surface area contributed by atoms with Crippen LogP contribution in [0.25, 0.3) is 32.3 Å². The summed E-state index contributed by atoms with van der Waals surface area (Å²) in [6.07, 6.45) is 0. The molecular weight excluding hydrogens is 629 g/mol. The Hall–Kier alpha value is -5.60. The summed E-state index contributed by atoms with van der Waals surface area (Å²) >= 11 is 0. The van der Waals surface area contributed by atoms with Crippen molar-refractivity contribution in [3.05, 3.63) is 167 Å². The first-order valence-electron chi connectivity index (χ1n) is 18.8. The maximum Gasteiger partial charge on any atom is 0.0543 e. The van der Waals surface area contributed by atoms with Gasteiger partial charge in [-0.15, -0.1) is 0 Å². The third-order valence-corrected chi connectivity index (χ3v) is 10.9. The van der Waals surface area contributed by atoms with Crippen molar-refractivity contribution in [3.8, 4) is 0 Å². The van der Waals surface area contributed by atoms with E-state index in [4.69, 9.17) is 0 Å². The fourth-order valence-corrected chi connectivity index (χ4v) is 8.42. The second-order valence-electron chi connectivity index (χ2n) is 15.3. The first-order valence-corrected chi connectivity index (χ1v) is 18.8. The molecule has 0 aromatic heterocycles. The van der Waals surface area contributed by atoms with Gasteiger partial charge in [0.25, 0.3) is 0 Å². The van der Waals surface area contributed by atoms with Crippen molar-refractivity contribution in [2.45, 2.75) is 67.2 Å². The molecule has 0 amide bonds. The van der Waals surface area contributed by atoms with Gasteiger partial charge < -0.3 is 9.80 Å². The van der Waals surface area contributed by atoms with Crippen LogP contribution in [0.15, 0.2) is 133 Å². The molecule has 0 bridgehead atoms. The minimum absolute atomic E-state index is 0.333. The summed E-state index contributed by atoms with van der Waals surface area (Å²) in [5, 5.41) is 7.91. The molecule has 0 unspecified atom stereocenters. The second kappa shape index (κ2) is 13.2. The fraction of sp³-hybridized carbons (Fsp3) is 0.200. The summed E-state index contributed by atoms with van der Waals surface area (Å²) in [5.74, 6) is 0.667. The zero-order chi connectivity index (χ0) is 36.3. The van der Waals surface area contributed by atoms with Crippen LogP contribution in [0.2, 0.25) is 0 Å². The van der Waals surface area contributed by atoms with Crippen LogP contribution in [0, 0.1) is 27.7 Å². The molecule has 0 aliphatic heterocycles. The minimum Gasteiger partial charge on any atom is -0.310 e. The maximum absolute atomic E-state index is 2.49. The van der Waals surface area contributed by atoms with Crippen LogP contribution >= 0.6 is 0 Å². The van der Waals surface area contributed by atoms with Crippen molar-refractivity contribution >= 4 is 66.4 Å². The Morgan fingerprint density at radius 1 is 0.365 bits per heavy atom. The maximum atomic E-state index is 2.49. The van der Waals surface area contributed by atoms with E-state index in [1.807, 2.05) is 0 Å². The Bertz CT molecular complexity index is 2380. The second-order valence-corrected chi connectivity index (χ2v) is 15.3. The number of nitrogens with zero attached hydrogens (tertiary/aromatic N) is 2. The topological polar surface area (TPSA) is 6.48 Å². The number of anilines is 6. The molecule has 8 rings (SSSR count). The van der Waals surface area contributed by atoms with Gasteiger partial charge in [0.1, 0.15) is 0 Å². The predicted octanol–water partition coefficient (Wildman–Crippen LogP) is 15.0. The van der Waals surface area contributed by atoms with Crippen LogP contribution < -0.4 is 9.80 Å². The van der Waals surface area contributed by atoms with Crippen molar-refractivity contribution in [2.24, 2.45) is 0 Å². The smallest absolute Gasteiger partial charge is 0.0543 e. The van der Waals surface area contributed by atoms with Crippen LogP contribution in [0.1, 0.15) is 72.9 Å². The van der Waals surface area contributed by atoms with Crippen molar-refractivity contribution in [2.75, 3.05) is 9.80 Å². The van der Waals surface area contributed by atoms with Crippen LogP contribution in [-0.4, -0.2) is 0 Å². The number of benzene rings is 8. The van der Waals surface area contributed by atoms with Gasteiger partial charge in [0.2, 0.25) is 0 Å². The molecule has 0 aliphatic rings. The largest absolute Gasteiger partial charge is 0.310 e. The normalized spacial score (nSPS) is 11.8. The molecule has 0 atom stereocenters. The van der Waals surface area contributed by atoms with E-state index in [0.717, 1.165) is 11.4 Å². The Morgan fingerprint density at radius 2 is 0.731 bits per heavy atom. The summed E-state index contributed by atoms with van der Waals surface area (Å²) in [5.41, 5.74) is 15.0. The molecule has 0 saturated carbocycles. The molecule has 2 nitrogen and oxygen atoms in total. The number of aryl methyl sites for hydroxylation is 4. The molecule has 2 heteroatoms. The highest BCUT2D eigenvalue weighted by molar-refractivity contribution is 6.29. The molecule has 0 heterocycles. The van der Waals surface area contributed by atoms with Crippen LogP contribution in [0.4, 0.5) is 34.1 Å². The molecule has 0 saturated heterocycles. The van der Waals surface area contributed by atoms with Gasteiger partial charge in [0, 0.05) is 33.5 Å². The lowest BCUT2D eigenvalue weighted by Gasteiger charge is -2.32. The summed E-state index contributed by atoms with van der Waals surface area (Å²) in [7, 11) is 0.